The first kappa shape index (κ1) is 22.5. The Balaban J connectivity index is -0.0000000600. The Labute approximate surface area is 65.2 Å². The number of unbranched alkanes of at least 4 members (excludes halogenated alkanes) is 2. The number of rotatable bonds is 4. The molecule has 0 unspecified atom stereocenters. The van der Waals surface area contributed by atoms with Crippen LogP contribution in [0.5, 0.6) is 0 Å². The second-order valence-electron chi connectivity index (χ2n) is 1.60. The van der Waals surface area contributed by atoms with Gasteiger partial charge >= 0.3 is 0 Å². The summed E-state index contributed by atoms with van der Waals surface area (Å²) in [5.41, 5.74) is 0. The van der Waals surface area contributed by atoms with E-state index in [1.807, 2.05) is 0 Å². The summed E-state index contributed by atoms with van der Waals surface area (Å²) >= 11 is 4.52. The summed E-state index contributed by atoms with van der Waals surface area (Å²) in [6.45, 7) is 3.17. The molecule has 0 aromatic rings. The maximum Gasteiger partial charge on any atom is 0.00668 e. The molecule has 0 bridgehead atoms. The third-order valence-corrected chi connectivity index (χ3v) is 1.09. The smallest absolute Gasteiger partial charge is 0.00668 e. The van der Waals surface area contributed by atoms with Crippen LogP contribution in [0.3, 0.4) is 0 Å². The van der Waals surface area contributed by atoms with Crippen molar-refractivity contribution in [2.45, 2.75) is 26.2 Å². The summed E-state index contributed by atoms with van der Waals surface area (Å²) in [5, 5.41) is 0. The van der Waals surface area contributed by atoms with Gasteiger partial charge in [-0.05, 0) is 6.42 Å². The van der Waals surface area contributed by atoms with E-state index in [2.05, 4.69) is 24.5 Å². The van der Waals surface area contributed by atoms with Crippen LogP contribution in [0.1, 0.15) is 26.2 Å². The molecule has 0 aliphatic heterocycles. The monoisotopic (exact) mass is 178 g/mol. The minimum Gasteiger partial charge on any atom is -0.269 e. The Morgan fingerprint density at radius 3 is 1.90 bits per heavy atom. The van der Waals surface area contributed by atoms with Gasteiger partial charge in [-0.3, -0.25) is 18.8 Å². The lowest BCUT2D eigenvalue weighted by atomic mass is 10.3. The van der Waals surface area contributed by atoms with Crippen LogP contribution in [0.2, 0.25) is 0 Å². The molecule has 0 heterocycles. The van der Waals surface area contributed by atoms with Crippen molar-refractivity contribution >= 4 is 12.8 Å². The standard InChI is InChI=1S/C5H12NS.3FH/c1-2-3-4-5-6-7;;;/h6H,2-5H2,1H3;3*1H. The number of nitrogens with one attached hydrogen (secondary N) is 1. The van der Waals surface area contributed by atoms with Crippen LogP contribution in [0.15, 0.2) is 0 Å². The van der Waals surface area contributed by atoms with Gasteiger partial charge in [0.05, 0.1) is 0 Å². The number of hydrogen-bond acceptors (Lipinski definition) is 1. The number of halogens is 3. The SMILES string of the molecule is CCCCCN[S].F.F.F. The first-order valence-electron chi connectivity index (χ1n) is 2.76. The zero-order valence-electron chi connectivity index (χ0n) is 5.96. The summed E-state index contributed by atoms with van der Waals surface area (Å²) in [4.78, 5) is 0. The van der Waals surface area contributed by atoms with Gasteiger partial charge in [-0.1, -0.05) is 19.8 Å². The van der Waals surface area contributed by atoms with Crippen molar-refractivity contribution in [2.75, 3.05) is 6.54 Å². The van der Waals surface area contributed by atoms with E-state index in [4.69, 9.17) is 0 Å². The van der Waals surface area contributed by atoms with E-state index >= 15 is 0 Å². The largest absolute Gasteiger partial charge is 0.269 e. The van der Waals surface area contributed by atoms with Crippen LogP contribution >= 0.6 is 12.8 Å². The fraction of sp³-hybridized carbons (Fsp3) is 1.00. The third kappa shape index (κ3) is 24.3. The highest BCUT2D eigenvalue weighted by atomic mass is 32.1. The molecule has 0 aliphatic carbocycles. The highest BCUT2D eigenvalue weighted by Gasteiger charge is 1.79. The minimum absolute atomic E-state index is 0. The summed E-state index contributed by atoms with van der Waals surface area (Å²) in [5.74, 6) is 0. The first-order valence-corrected chi connectivity index (χ1v) is 3.17. The molecule has 0 saturated carbocycles. The molecule has 5 heteroatoms. The highest BCUT2D eigenvalue weighted by molar-refractivity contribution is 7.78. The van der Waals surface area contributed by atoms with Crippen molar-refractivity contribution in [3.8, 4) is 0 Å². The molecule has 0 fully saturated rings. The van der Waals surface area contributed by atoms with Crippen molar-refractivity contribution in [2.24, 2.45) is 0 Å². The van der Waals surface area contributed by atoms with Gasteiger partial charge in [0.15, 0.2) is 0 Å². The Kier molecular flexibility index (Phi) is 51.6. The van der Waals surface area contributed by atoms with Gasteiger partial charge < -0.3 is 0 Å². The third-order valence-electron chi connectivity index (χ3n) is 0.882. The molecule has 0 aromatic heterocycles. The maximum absolute atomic E-state index is 4.52. The molecule has 10 heavy (non-hydrogen) atoms. The van der Waals surface area contributed by atoms with E-state index in [1.54, 1.807) is 0 Å². The molecule has 0 amide bonds. The lowest BCUT2D eigenvalue weighted by molar-refractivity contribution is 0.710. The topological polar surface area (TPSA) is 12.0 Å². The van der Waals surface area contributed by atoms with Crippen molar-refractivity contribution in [1.82, 2.24) is 4.72 Å². The fourth-order valence-electron chi connectivity index (χ4n) is 0.447. The van der Waals surface area contributed by atoms with Crippen LogP contribution in [0.25, 0.3) is 0 Å². The van der Waals surface area contributed by atoms with Crippen LogP contribution in [0.4, 0.5) is 14.1 Å². The van der Waals surface area contributed by atoms with Gasteiger partial charge in [0.25, 0.3) is 0 Å². The lowest BCUT2D eigenvalue weighted by Gasteiger charge is -1.91. The fourth-order valence-corrected chi connectivity index (χ4v) is 0.592. The molecule has 0 saturated heterocycles. The first-order chi connectivity index (χ1) is 3.41. The Morgan fingerprint density at radius 1 is 1.10 bits per heavy atom. The van der Waals surface area contributed by atoms with Crippen molar-refractivity contribution in [3.63, 3.8) is 0 Å². The molecular weight excluding hydrogens is 163 g/mol. The van der Waals surface area contributed by atoms with Gasteiger partial charge in [0.1, 0.15) is 0 Å². The molecule has 0 atom stereocenters. The van der Waals surface area contributed by atoms with Gasteiger partial charge in [-0.25, -0.2) is 0 Å². The van der Waals surface area contributed by atoms with E-state index in [0.29, 0.717) is 0 Å². The van der Waals surface area contributed by atoms with E-state index in [0.717, 1.165) is 6.54 Å². The van der Waals surface area contributed by atoms with Crippen LogP contribution < -0.4 is 4.72 Å². The average molecular weight is 178 g/mol. The molecule has 1 nitrogen and oxygen atoms in total. The second-order valence-corrected chi connectivity index (χ2v) is 1.89. The molecule has 67 valence electrons. The summed E-state index contributed by atoms with van der Waals surface area (Å²) < 4.78 is 2.69. The van der Waals surface area contributed by atoms with Crippen LogP contribution in [0, 0.1) is 0 Å². The van der Waals surface area contributed by atoms with Crippen molar-refractivity contribution in [3.05, 3.63) is 0 Å². The quantitative estimate of drug-likeness (QED) is 0.651. The number of hydrogen-bond donors (Lipinski definition) is 1. The summed E-state index contributed by atoms with van der Waals surface area (Å²) in [7, 11) is 0. The summed E-state index contributed by atoms with van der Waals surface area (Å²) in [6.07, 6.45) is 3.79. The molecule has 0 rings (SSSR count). The van der Waals surface area contributed by atoms with E-state index < -0.39 is 0 Å². The zero-order valence-corrected chi connectivity index (χ0v) is 6.78. The molecular formula is C5H15F3NS. The van der Waals surface area contributed by atoms with Gasteiger partial charge in [0, 0.05) is 19.4 Å². The molecule has 0 spiro atoms. The van der Waals surface area contributed by atoms with E-state index in [1.165, 1.54) is 19.3 Å². The van der Waals surface area contributed by atoms with Gasteiger partial charge in [0.2, 0.25) is 0 Å². The van der Waals surface area contributed by atoms with E-state index in [9.17, 15) is 0 Å². The molecule has 1 radical (unpaired) electrons. The van der Waals surface area contributed by atoms with Crippen LogP contribution in [-0.2, 0) is 0 Å². The zero-order chi connectivity index (χ0) is 5.54. The highest BCUT2D eigenvalue weighted by Crippen LogP contribution is 1.90. The van der Waals surface area contributed by atoms with Gasteiger partial charge in [-0.15, -0.1) is 0 Å². The Morgan fingerprint density at radius 2 is 1.60 bits per heavy atom. The molecule has 1 N–H and O–H groups in total. The second kappa shape index (κ2) is 23.0. The van der Waals surface area contributed by atoms with E-state index in [-0.39, 0.29) is 14.1 Å². The summed E-state index contributed by atoms with van der Waals surface area (Å²) in [6, 6.07) is 0. The Hall–Kier alpha value is 0.100. The van der Waals surface area contributed by atoms with Crippen molar-refractivity contribution in [1.29, 1.82) is 0 Å². The van der Waals surface area contributed by atoms with Crippen molar-refractivity contribution < 1.29 is 14.1 Å². The van der Waals surface area contributed by atoms with Gasteiger partial charge in [-0.2, -0.15) is 0 Å². The Bertz CT molecular complexity index is 36.1. The maximum atomic E-state index is 4.52. The molecule has 0 aliphatic rings. The predicted molar refractivity (Wildman–Crippen MR) is 42.6 cm³/mol. The van der Waals surface area contributed by atoms with Crippen LogP contribution in [-0.4, -0.2) is 6.54 Å². The minimum atomic E-state index is 0. The normalized spacial score (nSPS) is 6.60. The predicted octanol–water partition coefficient (Wildman–Crippen LogP) is 2.34. The lowest BCUT2D eigenvalue weighted by Crippen LogP contribution is -1.99. The average Bonchev–Trinajstić information content (AvgIpc) is 1.69. The molecule has 0 aromatic carbocycles.